The molecule has 1 aliphatic rings. The maximum atomic E-state index is 12.4. The van der Waals surface area contributed by atoms with Gasteiger partial charge in [-0.2, -0.15) is 0 Å². The van der Waals surface area contributed by atoms with Gasteiger partial charge in [0, 0.05) is 54.6 Å². The highest BCUT2D eigenvalue weighted by Crippen LogP contribution is 2.28. The van der Waals surface area contributed by atoms with Crippen LogP contribution in [0.5, 0.6) is 0 Å². The number of likely N-dealkylation sites (N-methyl/N-ethyl adjacent to an activating group) is 1. The second-order valence-electron chi connectivity index (χ2n) is 8.09. The molecule has 166 valence electrons. The molecule has 32 heavy (non-hydrogen) atoms. The predicted molar refractivity (Wildman–Crippen MR) is 123 cm³/mol. The Morgan fingerprint density at radius 3 is 2.44 bits per heavy atom. The van der Waals surface area contributed by atoms with Crippen molar-refractivity contribution in [3.8, 4) is 22.6 Å². The molecule has 2 aromatic carbocycles. The lowest BCUT2D eigenvalue weighted by Gasteiger charge is -2.34. The molecule has 2 heterocycles. The van der Waals surface area contributed by atoms with Crippen molar-refractivity contribution >= 4 is 17.5 Å². The van der Waals surface area contributed by atoms with Gasteiger partial charge >= 0.3 is 0 Å². The standard InChI is InChI=1S/C24H27N5O3/c1-16(23(25)30)26-24(31)19-5-3-4-18(14-19)21-15-22(32-27-21)17-6-8-20(9-7-17)29-12-10-28(2)11-13-29/h3-9,14-16H,10-13H2,1-2H3,(H2,25,30)(H,26,31). The topological polar surface area (TPSA) is 105 Å². The number of hydrogen-bond acceptors (Lipinski definition) is 6. The van der Waals surface area contributed by atoms with E-state index in [-0.39, 0.29) is 5.91 Å². The summed E-state index contributed by atoms with van der Waals surface area (Å²) >= 11 is 0. The SMILES string of the molecule is CC(NC(=O)c1cccc(-c2cc(-c3ccc(N4CCN(C)CC4)cc3)on2)c1)C(N)=O. The van der Waals surface area contributed by atoms with Crippen molar-refractivity contribution in [2.24, 2.45) is 5.73 Å². The first kappa shape index (κ1) is 21.6. The number of hydrogen-bond donors (Lipinski definition) is 2. The molecular formula is C24H27N5O3. The number of amides is 2. The fraction of sp³-hybridized carbons (Fsp3) is 0.292. The molecule has 0 bridgehead atoms. The van der Waals surface area contributed by atoms with E-state index >= 15 is 0 Å². The van der Waals surface area contributed by atoms with Gasteiger partial charge in [-0.1, -0.05) is 17.3 Å². The van der Waals surface area contributed by atoms with Gasteiger partial charge in [-0.25, -0.2) is 0 Å². The molecule has 2 amide bonds. The van der Waals surface area contributed by atoms with Crippen molar-refractivity contribution in [3.05, 3.63) is 60.2 Å². The highest BCUT2D eigenvalue weighted by atomic mass is 16.5. The second kappa shape index (κ2) is 9.23. The Morgan fingerprint density at radius 2 is 1.75 bits per heavy atom. The van der Waals surface area contributed by atoms with E-state index in [2.05, 4.69) is 39.5 Å². The van der Waals surface area contributed by atoms with Gasteiger partial charge < -0.3 is 25.4 Å². The number of nitrogens with zero attached hydrogens (tertiary/aromatic N) is 3. The van der Waals surface area contributed by atoms with E-state index in [1.54, 1.807) is 25.1 Å². The lowest BCUT2D eigenvalue weighted by Crippen LogP contribution is -2.44. The first-order valence-corrected chi connectivity index (χ1v) is 10.6. The maximum Gasteiger partial charge on any atom is 0.251 e. The van der Waals surface area contributed by atoms with Gasteiger partial charge in [0.2, 0.25) is 5.91 Å². The van der Waals surface area contributed by atoms with Crippen LogP contribution in [-0.4, -0.2) is 61.1 Å². The van der Waals surface area contributed by atoms with E-state index in [9.17, 15) is 9.59 Å². The molecule has 1 unspecified atom stereocenters. The molecule has 0 radical (unpaired) electrons. The summed E-state index contributed by atoms with van der Waals surface area (Å²) in [4.78, 5) is 28.3. The van der Waals surface area contributed by atoms with Crippen LogP contribution >= 0.6 is 0 Å². The zero-order valence-corrected chi connectivity index (χ0v) is 18.2. The van der Waals surface area contributed by atoms with Gasteiger partial charge in [-0.05, 0) is 50.4 Å². The maximum absolute atomic E-state index is 12.4. The fourth-order valence-corrected chi connectivity index (χ4v) is 3.62. The molecule has 1 aliphatic heterocycles. The zero-order chi connectivity index (χ0) is 22.7. The minimum absolute atomic E-state index is 0.374. The van der Waals surface area contributed by atoms with Crippen LogP contribution in [0.15, 0.2) is 59.1 Å². The van der Waals surface area contributed by atoms with Gasteiger partial charge in [-0.15, -0.1) is 0 Å². The Morgan fingerprint density at radius 1 is 1.03 bits per heavy atom. The van der Waals surface area contributed by atoms with Crippen LogP contribution in [0.2, 0.25) is 0 Å². The van der Waals surface area contributed by atoms with Crippen LogP contribution in [-0.2, 0) is 4.79 Å². The minimum atomic E-state index is -0.751. The van der Waals surface area contributed by atoms with Crippen molar-refractivity contribution in [2.45, 2.75) is 13.0 Å². The summed E-state index contributed by atoms with van der Waals surface area (Å²) in [7, 11) is 2.14. The largest absolute Gasteiger partial charge is 0.369 e. The van der Waals surface area contributed by atoms with E-state index < -0.39 is 11.9 Å². The number of anilines is 1. The van der Waals surface area contributed by atoms with Gasteiger partial charge in [0.05, 0.1) is 0 Å². The number of carbonyl (C=O) groups is 2. The summed E-state index contributed by atoms with van der Waals surface area (Å²) in [6.45, 7) is 5.70. The van der Waals surface area contributed by atoms with E-state index in [1.165, 1.54) is 5.69 Å². The summed E-state index contributed by atoms with van der Waals surface area (Å²) in [5.41, 5.74) is 9.14. The quantitative estimate of drug-likeness (QED) is 0.618. The molecule has 8 nitrogen and oxygen atoms in total. The normalized spacial score (nSPS) is 15.4. The van der Waals surface area contributed by atoms with Crippen molar-refractivity contribution in [1.29, 1.82) is 0 Å². The van der Waals surface area contributed by atoms with Crippen molar-refractivity contribution in [3.63, 3.8) is 0 Å². The van der Waals surface area contributed by atoms with Crippen LogP contribution in [0.4, 0.5) is 5.69 Å². The molecule has 3 N–H and O–H groups in total. The third-order valence-electron chi connectivity index (χ3n) is 5.73. The number of piperazine rings is 1. The Balaban J connectivity index is 1.48. The smallest absolute Gasteiger partial charge is 0.251 e. The second-order valence-corrected chi connectivity index (χ2v) is 8.09. The lowest BCUT2D eigenvalue weighted by atomic mass is 10.1. The zero-order valence-electron chi connectivity index (χ0n) is 18.2. The lowest BCUT2D eigenvalue weighted by molar-refractivity contribution is -0.119. The average molecular weight is 434 g/mol. The number of nitrogens with two attached hydrogens (primary N) is 1. The number of carbonyl (C=O) groups excluding carboxylic acids is 2. The molecule has 1 aromatic heterocycles. The summed E-state index contributed by atoms with van der Waals surface area (Å²) in [5.74, 6) is -0.308. The van der Waals surface area contributed by atoms with Gasteiger partial charge in [-0.3, -0.25) is 9.59 Å². The van der Waals surface area contributed by atoms with E-state index in [0.29, 0.717) is 17.0 Å². The minimum Gasteiger partial charge on any atom is -0.369 e. The van der Waals surface area contributed by atoms with Gasteiger partial charge in [0.1, 0.15) is 11.7 Å². The molecule has 0 spiro atoms. The summed E-state index contributed by atoms with van der Waals surface area (Å²) in [6.07, 6.45) is 0. The highest BCUT2D eigenvalue weighted by Gasteiger charge is 2.17. The fourth-order valence-electron chi connectivity index (χ4n) is 3.62. The summed E-state index contributed by atoms with van der Waals surface area (Å²) in [6, 6.07) is 16.4. The number of aromatic nitrogens is 1. The molecule has 0 aliphatic carbocycles. The Bertz CT molecular complexity index is 1100. The number of nitrogens with one attached hydrogen (secondary N) is 1. The molecule has 1 fully saturated rings. The van der Waals surface area contributed by atoms with Crippen LogP contribution in [0.25, 0.3) is 22.6 Å². The summed E-state index contributed by atoms with van der Waals surface area (Å²) < 4.78 is 5.57. The predicted octanol–water partition coefficient (Wildman–Crippen LogP) is 2.36. The Kier molecular flexibility index (Phi) is 6.23. The van der Waals surface area contributed by atoms with Gasteiger partial charge in [0.25, 0.3) is 5.91 Å². The molecule has 1 atom stereocenters. The van der Waals surface area contributed by atoms with E-state index in [0.717, 1.165) is 37.3 Å². The third-order valence-corrected chi connectivity index (χ3v) is 5.73. The summed E-state index contributed by atoms with van der Waals surface area (Å²) in [5, 5.41) is 6.75. The highest BCUT2D eigenvalue weighted by molar-refractivity contribution is 5.98. The molecule has 0 saturated carbocycles. The number of rotatable bonds is 6. The Labute approximate surface area is 187 Å². The number of primary amides is 1. The van der Waals surface area contributed by atoms with Crippen LogP contribution < -0.4 is 16.0 Å². The number of benzene rings is 2. The first-order chi connectivity index (χ1) is 15.4. The monoisotopic (exact) mass is 433 g/mol. The molecular weight excluding hydrogens is 406 g/mol. The average Bonchev–Trinajstić information content (AvgIpc) is 3.30. The van der Waals surface area contributed by atoms with Crippen molar-refractivity contribution in [2.75, 3.05) is 38.1 Å². The molecule has 1 saturated heterocycles. The van der Waals surface area contributed by atoms with Crippen molar-refractivity contribution in [1.82, 2.24) is 15.4 Å². The van der Waals surface area contributed by atoms with E-state index in [1.807, 2.05) is 24.3 Å². The van der Waals surface area contributed by atoms with Crippen LogP contribution in [0.3, 0.4) is 0 Å². The van der Waals surface area contributed by atoms with Crippen molar-refractivity contribution < 1.29 is 14.1 Å². The first-order valence-electron chi connectivity index (χ1n) is 10.6. The van der Waals surface area contributed by atoms with Crippen LogP contribution in [0.1, 0.15) is 17.3 Å². The molecule has 3 aromatic rings. The molecule has 8 heteroatoms. The Hall–Kier alpha value is -3.65. The molecule has 4 rings (SSSR count). The van der Waals surface area contributed by atoms with E-state index in [4.69, 9.17) is 10.3 Å². The van der Waals surface area contributed by atoms with Gasteiger partial charge in [0.15, 0.2) is 5.76 Å². The third kappa shape index (κ3) is 4.81. The van der Waals surface area contributed by atoms with Crippen LogP contribution in [0, 0.1) is 0 Å².